The van der Waals surface area contributed by atoms with Crippen LogP contribution in [0, 0.1) is 18.3 Å². The standard InChI is InChI=1S/C14H18N2O2/c1-10(2)16(8-4-7-15)14(18)12-5-6-13(17)11(3)9-12/h5-6,9-10,17H,4,8H2,1-3H3. The molecule has 1 aromatic carbocycles. The van der Waals surface area contributed by atoms with Crippen molar-refractivity contribution in [2.24, 2.45) is 0 Å². The Kier molecular flexibility index (Phi) is 4.73. The summed E-state index contributed by atoms with van der Waals surface area (Å²) in [6.45, 7) is 6.01. The third-order valence-electron chi connectivity index (χ3n) is 2.79. The van der Waals surface area contributed by atoms with E-state index in [1.165, 1.54) is 6.07 Å². The van der Waals surface area contributed by atoms with Gasteiger partial charge in [0.2, 0.25) is 0 Å². The number of carbonyl (C=O) groups excluding carboxylic acids is 1. The van der Waals surface area contributed by atoms with Crippen molar-refractivity contribution in [3.8, 4) is 11.8 Å². The van der Waals surface area contributed by atoms with Crippen molar-refractivity contribution in [2.75, 3.05) is 6.54 Å². The number of carbonyl (C=O) groups is 1. The molecule has 1 N–H and O–H groups in total. The third-order valence-corrected chi connectivity index (χ3v) is 2.79. The van der Waals surface area contributed by atoms with E-state index in [9.17, 15) is 9.90 Å². The molecule has 0 aliphatic heterocycles. The molecule has 0 saturated heterocycles. The van der Waals surface area contributed by atoms with Crippen molar-refractivity contribution < 1.29 is 9.90 Å². The molecule has 0 bridgehead atoms. The zero-order valence-corrected chi connectivity index (χ0v) is 11.0. The van der Waals surface area contributed by atoms with Gasteiger partial charge >= 0.3 is 0 Å². The largest absolute Gasteiger partial charge is 0.508 e. The fourth-order valence-electron chi connectivity index (χ4n) is 1.72. The summed E-state index contributed by atoms with van der Waals surface area (Å²) in [5.41, 5.74) is 1.21. The van der Waals surface area contributed by atoms with Crippen LogP contribution in [0.2, 0.25) is 0 Å². The molecule has 0 radical (unpaired) electrons. The number of hydrogen-bond acceptors (Lipinski definition) is 3. The van der Waals surface area contributed by atoms with Gasteiger partial charge in [-0.2, -0.15) is 5.26 Å². The van der Waals surface area contributed by atoms with E-state index in [0.29, 0.717) is 24.1 Å². The van der Waals surface area contributed by atoms with Gasteiger partial charge in [-0.15, -0.1) is 0 Å². The molecule has 0 fully saturated rings. The number of nitriles is 1. The summed E-state index contributed by atoms with van der Waals surface area (Å²) >= 11 is 0. The Morgan fingerprint density at radius 1 is 1.50 bits per heavy atom. The summed E-state index contributed by atoms with van der Waals surface area (Å²) in [5.74, 6) is 0.0722. The Labute approximate surface area is 107 Å². The zero-order chi connectivity index (χ0) is 13.7. The van der Waals surface area contributed by atoms with E-state index in [2.05, 4.69) is 0 Å². The van der Waals surface area contributed by atoms with E-state index >= 15 is 0 Å². The Bertz CT molecular complexity index is 475. The fourth-order valence-corrected chi connectivity index (χ4v) is 1.72. The number of rotatable bonds is 4. The molecule has 1 amide bonds. The number of benzene rings is 1. The van der Waals surface area contributed by atoms with Gasteiger partial charge in [-0.05, 0) is 44.5 Å². The first-order valence-electron chi connectivity index (χ1n) is 5.95. The second kappa shape index (κ2) is 6.06. The van der Waals surface area contributed by atoms with Gasteiger partial charge in [-0.1, -0.05) is 0 Å². The van der Waals surface area contributed by atoms with Crippen LogP contribution in [-0.4, -0.2) is 28.5 Å². The lowest BCUT2D eigenvalue weighted by Crippen LogP contribution is -2.37. The summed E-state index contributed by atoms with van der Waals surface area (Å²) in [5, 5.41) is 18.1. The molecule has 0 spiro atoms. The van der Waals surface area contributed by atoms with E-state index in [1.807, 2.05) is 19.9 Å². The number of phenols is 1. The van der Waals surface area contributed by atoms with Gasteiger partial charge < -0.3 is 10.0 Å². The van der Waals surface area contributed by atoms with Gasteiger partial charge in [-0.3, -0.25) is 4.79 Å². The van der Waals surface area contributed by atoms with Crippen LogP contribution in [0.5, 0.6) is 5.75 Å². The molecule has 0 aliphatic rings. The lowest BCUT2D eigenvalue weighted by atomic mass is 10.1. The number of aryl methyl sites for hydroxylation is 1. The van der Waals surface area contributed by atoms with Crippen LogP contribution in [0.3, 0.4) is 0 Å². The first kappa shape index (κ1) is 14.0. The predicted molar refractivity (Wildman–Crippen MR) is 69.2 cm³/mol. The highest BCUT2D eigenvalue weighted by Crippen LogP contribution is 2.18. The zero-order valence-electron chi connectivity index (χ0n) is 11.0. The smallest absolute Gasteiger partial charge is 0.254 e. The van der Waals surface area contributed by atoms with Crippen molar-refractivity contribution in [1.82, 2.24) is 4.90 Å². The Balaban J connectivity index is 2.95. The average molecular weight is 246 g/mol. The highest BCUT2D eigenvalue weighted by molar-refractivity contribution is 5.94. The van der Waals surface area contributed by atoms with Gasteiger partial charge in [0.25, 0.3) is 5.91 Å². The Morgan fingerprint density at radius 2 is 2.17 bits per heavy atom. The van der Waals surface area contributed by atoms with E-state index in [1.54, 1.807) is 24.0 Å². The summed E-state index contributed by atoms with van der Waals surface area (Å²) < 4.78 is 0. The molecule has 0 heterocycles. The maximum absolute atomic E-state index is 12.3. The minimum absolute atomic E-state index is 0.0416. The molecule has 4 nitrogen and oxygen atoms in total. The topological polar surface area (TPSA) is 64.3 Å². The highest BCUT2D eigenvalue weighted by Gasteiger charge is 2.18. The van der Waals surface area contributed by atoms with Crippen LogP contribution < -0.4 is 0 Å². The molecular formula is C14H18N2O2. The normalized spacial score (nSPS) is 10.2. The minimum atomic E-state index is -0.108. The maximum atomic E-state index is 12.3. The summed E-state index contributed by atoms with van der Waals surface area (Å²) in [6, 6.07) is 6.88. The highest BCUT2D eigenvalue weighted by atomic mass is 16.3. The number of nitrogens with zero attached hydrogens (tertiary/aromatic N) is 2. The number of hydrogen-bond donors (Lipinski definition) is 1. The second-order valence-electron chi connectivity index (χ2n) is 4.50. The van der Waals surface area contributed by atoms with Gasteiger partial charge in [0.1, 0.15) is 5.75 Å². The molecule has 0 atom stereocenters. The van der Waals surface area contributed by atoms with Crippen molar-refractivity contribution in [3.63, 3.8) is 0 Å². The molecule has 0 aromatic heterocycles. The van der Waals surface area contributed by atoms with E-state index in [4.69, 9.17) is 5.26 Å². The van der Waals surface area contributed by atoms with E-state index in [-0.39, 0.29) is 17.7 Å². The van der Waals surface area contributed by atoms with Crippen LogP contribution in [0.4, 0.5) is 0 Å². The molecule has 1 aromatic rings. The van der Waals surface area contributed by atoms with Crippen molar-refractivity contribution in [2.45, 2.75) is 33.2 Å². The molecule has 4 heteroatoms. The fraction of sp³-hybridized carbons (Fsp3) is 0.429. The quantitative estimate of drug-likeness (QED) is 0.887. The van der Waals surface area contributed by atoms with E-state index in [0.717, 1.165) is 0 Å². The van der Waals surface area contributed by atoms with Crippen LogP contribution in [-0.2, 0) is 0 Å². The minimum Gasteiger partial charge on any atom is -0.508 e. The summed E-state index contributed by atoms with van der Waals surface area (Å²) in [6.07, 6.45) is 0.320. The second-order valence-corrected chi connectivity index (χ2v) is 4.50. The average Bonchev–Trinajstić information content (AvgIpc) is 2.32. The lowest BCUT2D eigenvalue weighted by Gasteiger charge is -2.26. The van der Waals surface area contributed by atoms with Gasteiger partial charge in [-0.25, -0.2) is 0 Å². The Hall–Kier alpha value is -2.02. The van der Waals surface area contributed by atoms with Crippen molar-refractivity contribution >= 4 is 5.91 Å². The lowest BCUT2D eigenvalue weighted by molar-refractivity contribution is 0.0710. The maximum Gasteiger partial charge on any atom is 0.254 e. The van der Waals surface area contributed by atoms with Crippen LogP contribution in [0.1, 0.15) is 36.2 Å². The summed E-state index contributed by atoms with van der Waals surface area (Å²) in [7, 11) is 0. The van der Waals surface area contributed by atoms with Crippen molar-refractivity contribution in [3.05, 3.63) is 29.3 Å². The first-order chi connectivity index (χ1) is 8.47. The van der Waals surface area contributed by atoms with Crippen LogP contribution in [0.25, 0.3) is 0 Å². The molecule has 0 aliphatic carbocycles. The number of phenolic OH excluding ortho intramolecular Hbond substituents is 1. The summed E-state index contributed by atoms with van der Waals surface area (Å²) in [4.78, 5) is 14.0. The molecular weight excluding hydrogens is 228 g/mol. The SMILES string of the molecule is Cc1cc(C(=O)N(CCC#N)C(C)C)ccc1O. The van der Waals surface area contributed by atoms with Gasteiger partial charge in [0, 0.05) is 18.2 Å². The van der Waals surface area contributed by atoms with Crippen LogP contribution in [0.15, 0.2) is 18.2 Å². The molecule has 1 rings (SSSR count). The first-order valence-corrected chi connectivity index (χ1v) is 5.95. The number of aromatic hydroxyl groups is 1. The number of amides is 1. The van der Waals surface area contributed by atoms with Gasteiger partial charge in [0.15, 0.2) is 0 Å². The third kappa shape index (κ3) is 3.24. The van der Waals surface area contributed by atoms with Gasteiger partial charge in [0.05, 0.1) is 12.5 Å². The molecule has 18 heavy (non-hydrogen) atoms. The molecule has 0 saturated carbocycles. The van der Waals surface area contributed by atoms with E-state index < -0.39 is 0 Å². The Morgan fingerprint density at radius 3 is 2.67 bits per heavy atom. The predicted octanol–water partition coefficient (Wildman–Crippen LogP) is 2.46. The van der Waals surface area contributed by atoms with Crippen molar-refractivity contribution in [1.29, 1.82) is 5.26 Å². The van der Waals surface area contributed by atoms with Crippen LogP contribution >= 0.6 is 0 Å². The molecule has 0 unspecified atom stereocenters. The molecule has 96 valence electrons. The monoisotopic (exact) mass is 246 g/mol.